The summed E-state index contributed by atoms with van der Waals surface area (Å²) in [4.78, 5) is 54.9. The molecular weight excluding hydrogens is 703 g/mol. The van der Waals surface area contributed by atoms with E-state index >= 15 is 0 Å². The first-order chi connectivity index (χ1) is 26.0. The first-order valence-corrected chi connectivity index (χ1v) is 22.8. The van der Waals surface area contributed by atoms with Gasteiger partial charge in [0, 0.05) is 19.3 Å². The van der Waals surface area contributed by atoms with E-state index < -0.39 is 39.1 Å². The molecule has 0 aliphatic heterocycles. The fourth-order valence-electron chi connectivity index (χ4n) is 5.81. The molecule has 10 heteroatoms. The second-order valence-electron chi connectivity index (χ2n) is 14.8. The van der Waals surface area contributed by atoms with Crippen LogP contribution in [0.1, 0.15) is 188 Å². The number of phosphoric acid groups is 1. The van der Waals surface area contributed by atoms with E-state index in [-0.39, 0.29) is 31.5 Å². The number of ether oxygens (including phenoxy) is 2. The minimum absolute atomic E-state index is 0.0218. The van der Waals surface area contributed by atoms with E-state index in [1.165, 1.54) is 102 Å². The zero-order chi connectivity index (χ0) is 40.0. The van der Waals surface area contributed by atoms with E-state index in [0.717, 1.165) is 44.4 Å². The minimum Gasteiger partial charge on any atom is -0.462 e. The highest BCUT2D eigenvalue weighted by Crippen LogP contribution is 2.36. The van der Waals surface area contributed by atoms with E-state index in [0.29, 0.717) is 6.42 Å². The highest BCUT2D eigenvalue weighted by molar-refractivity contribution is 7.46. The third kappa shape index (κ3) is 40.9. The molecule has 0 saturated carbocycles. The first kappa shape index (κ1) is 51.7. The zero-order valence-electron chi connectivity index (χ0n) is 34.3. The quantitative estimate of drug-likeness (QED) is 0.0157. The Balaban J connectivity index is 4.08. The van der Waals surface area contributed by atoms with Gasteiger partial charge in [-0.3, -0.25) is 18.9 Å². The van der Waals surface area contributed by atoms with Gasteiger partial charge in [0.05, 0.1) is 6.61 Å². The molecule has 0 bridgehead atoms. The van der Waals surface area contributed by atoms with Crippen LogP contribution in [0, 0.1) is 5.92 Å². The van der Waals surface area contributed by atoms with Gasteiger partial charge in [0.1, 0.15) is 6.61 Å². The van der Waals surface area contributed by atoms with Crippen LogP contribution >= 0.6 is 7.82 Å². The Hall–Kier alpha value is -2.32. The number of esters is 2. The fourth-order valence-corrected chi connectivity index (χ4v) is 6.17. The highest BCUT2D eigenvalue weighted by atomic mass is 31.2. The molecule has 312 valence electrons. The van der Waals surface area contributed by atoms with E-state index in [1.807, 2.05) is 12.2 Å². The van der Waals surface area contributed by atoms with Crippen molar-refractivity contribution in [1.29, 1.82) is 0 Å². The molecule has 0 spiro atoms. The number of carbonyl (C=O) groups is 3. The van der Waals surface area contributed by atoms with Gasteiger partial charge in [-0.15, -0.1) is 0 Å². The topological polar surface area (TPSA) is 136 Å². The maximum atomic E-state index is 12.4. The Labute approximate surface area is 329 Å². The van der Waals surface area contributed by atoms with Gasteiger partial charge >= 0.3 is 19.8 Å². The van der Waals surface area contributed by atoms with Gasteiger partial charge in [0.15, 0.2) is 11.9 Å². The summed E-state index contributed by atoms with van der Waals surface area (Å²) < 4.78 is 26.2. The Morgan fingerprint density at radius 1 is 0.593 bits per heavy atom. The molecule has 0 radical (unpaired) electrons. The largest absolute Gasteiger partial charge is 0.469 e. The van der Waals surface area contributed by atoms with Crippen molar-refractivity contribution in [2.24, 2.45) is 5.92 Å². The Kier molecular flexibility index (Phi) is 36.0. The van der Waals surface area contributed by atoms with Gasteiger partial charge in [-0.05, 0) is 50.5 Å². The lowest BCUT2D eigenvalue weighted by molar-refractivity contribution is -0.161. The summed E-state index contributed by atoms with van der Waals surface area (Å²) in [6.07, 6.45) is 41.3. The van der Waals surface area contributed by atoms with Gasteiger partial charge in [-0.2, -0.15) is 0 Å². The molecule has 0 amide bonds. The number of allylic oxidation sites excluding steroid dienone is 8. The van der Waals surface area contributed by atoms with Gasteiger partial charge < -0.3 is 19.3 Å². The third-order valence-electron chi connectivity index (χ3n) is 9.00. The molecule has 0 aliphatic carbocycles. The lowest BCUT2D eigenvalue weighted by Gasteiger charge is -2.18. The summed E-state index contributed by atoms with van der Waals surface area (Å²) in [5, 5.41) is 0. The maximum absolute atomic E-state index is 12.4. The second-order valence-corrected chi connectivity index (χ2v) is 16.1. The van der Waals surface area contributed by atoms with Crippen molar-refractivity contribution in [3.63, 3.8) is 0 Å². The highest BCUT2D eigenvalue weighted by Gasteiger charge is 2.23. The predicted octanol–water partition coefficient (Wildman–Crippen LogP) is 12.2. The van der Waals surface area contributed by atoms with Gasteiger partial charge in [-0.1, -0.05) is 172 Å². The fraction of sp³-hybridized carbons (Fsp3) is 0.750. The van der Waals surface area contributed by atoms with Gasteiger partial charge in [0.25, 0.3) is 0 Å². The molecule has 0 heterocycles. The van der Waals surface area contributed by atoms with Crippen molar-refractivity contribution >= 4 is 25.5 Å². The molecular formula is C44H77O9P. The van der Waals surface area contributed by atoms with E-state index in [9.17, 15) is 18.9 Å². The molecule has 0 aliphatic rings. The lowest BCUT2D eigenvalue weighted by atomic mass is 10.0. The molecule has 9 nitrogen and oxygen atoms in total. The maximum Gasteiger partial charge on any atom is 0.469 e. The normalized spacial score (nSPS) is 12.9. The van der Waals surface area contributed by atoms with E-state index in [4.69, 9.17) is 19.3 Å². The van der Waals surface area contributed by atoms with Crippen LogP contribution in [0.2, 0.25) is 0 Å². The smallest absolute Gasteiger partial charge is 0.462 e. The standard InChI is InChI=1S/C44H77O9P/c1-4-5-6-7-8-9-10-14-18-21-24-27-30-34-41(45)35-32-37-43(46)51-38-42(39-52-54(48,49)50)53-44(47)36-31-28-25-22-19-16-13-11-12-15-17-20-23-26-29-33-40(2)3/h8-9,14,18,24,27,30,34,40,42H,4-7,10-13,15-17,19-23,25-26,28-29,31-33,35-39H2,1-3H3,(H2,48,49,50)/b9-8-,18-14-,27-24-,34-30+/t42-/m1/s1. The van der Waals surface area contributed by atoms with Crippen LogP contribution in [0.4, 0.5) is 0 Å². The predicted molar refractivity (Wildman–Crippen MR) is 221 cm³/mol. The summed E-state index contributed by atoms with van der Waals surface area (Å²) in [5.41, 5.74) is 0. The van der Waals surface area contributed by atoms with Crippen molar-refractivity contribution in [3.05, 3.63) is 48.6 Å². The average Bonchev–Trinajstić information content (AvgIpc) is 3.12. The number of hydrogen-bond donors (Lipinski definition) is 2. The number of unbranched alkanes of at least 4 members (excludes halogenated alkanes) is 17. The summed E-state index contributed by atoms with van der Waals surface area (Å²) in [6, 6.07) is 0. The second kappa shape index (κ2) is 37.6. The Morgan fingerprint density at radius 2 is 1.13 bits per heavy atom. The number of carbonyl (C=O) groups excluding carboxylic acids is 3. The molecule has 0 aromatic carbocycles. The minimum atomic E-state index is -4.81. The van der Waals surface area contributed by atoms with Crippen LogP contribution in [0.5, 0.6) is 0 Å². The lowest BCUT2D eigenvalue weighted by Crippen LogP contribution is -2.29. The summed E-state index contributed by atoms with van der Waals surface area (Å²) >= 11 is 0. The molecule has 0 fully saturated rings. The van der Waals surface area contributed by atoms with Crippen LogP contribution in [0.3, 0.4) is 0 Å². The molecule has 2 N–H and O–H groups in total. The number of rotatable bonds is 38. The molecule has 0 rings (SSSR count). The van der Waals surface area contributed by atoms with Crippen molar-refractivity contribution in [2.75, 3.05) is 13.2 Å². The summed E-state index contributed by atoms with van der Waals surface area (Å²) in [7, 11) is -4.81. The van der Waals surface area contributed by atoms with Gasteiger partial charge in [-0.25, -0.2) is 4.57 Å². The molecule has 0 aromatic heterocycles. The van der Waals surface area contributed by atoms with Crippen molar-refractivity contribution < 1.29 is 42.7 Å². The Bertz CT molecular complexity index is 1090. The van der Waals surface area contributed by atoms with Crippen LogP contribution < -0.4 is 0 Å². The number of hydrogen-bond acceptors (Lipinski definition) is 7. The van der Waals surface area contributed by atoms with Crippen LogP contribution in [-0.4, -0.2) is 46.8 Å². The van der Waals surface area contributed by atoms with Crippen molar-refractivity contribution in [2.45, 2.75) is 194 Å². The van der Waals surface area contributed by atoms with E-state index in [2.05, 4.69) is 49.6 Å². The molecule has 0 saturated heterocycles. The SMILES string of the molecule is CCCCC/C=C\C/C=C\C/C=C\C=C\C(=O)CCCC(=O)OC[C@H](COP(=O)(O)O)OC(=O)CCCCCCCCCCCCCCCCCC(C)C. The molecule has 1 atom stereocenters. The number of phosphoric ester groups is 1. The van der Waals surface area contributed by atoms with Crippen LogP contribution in [-0.2, 0) is 32.9 Å². The Morgan fingerprint density at radius 3 is 1.70 bits per heavy atom. The number of ketones is 1. The summed E-state index contributed by atoms with van der Waals surface area (Å²) in [5.74, 6) is -0.424. The monoisotopic (exact) mass is 781 g/mol. The molecule has 54 heavy (non-hydrogen) atoms. The first-order valence-electron chi connectivity index (χ1n) is 21.2. The molecule has 0 aromatic rings. The summed E-state index contributed by atoms with van der Waals surface area (Å²) in [6.45, 7) is 5.79. The third-order valence-corrected chi connectivity index (χ3v) is 9.49. The molecule has 0 unspecified atom stereocenters. The van der Waals surface area contributed by atoms with E-state index in [1.54, 1.807) is 6.08 Å². The average molecular weight is 781 g/mol. The van der Waals surface area contributed by atoms with Crippen LogP contribution in [0.25, 0.3) is 0 Å². The van der Waals surface area contributed by atoms with Crippen molar-refractivity contribution in [1.82, 2.24) is 0 Å². The zero-order valence-corrected chi connectivity index (χ0v) is 35.2. The van der Waals surface area contributed by atoms with Crippen molar-refractivity contribution in [3.8, 4) is 0 Å². The van der Waals surface area contributed by atoms with Crippen LogP contribution in [0.15, 0.2) is 48.6 Å². The van der Waals surface area contributed by atoms with Gasteiger partial charge in [0.2, 0.25) is 0 Å².